The van der Waals surface area contributed by atoms with Crippen LogP contribution in [0.4, 0.5) is 0 Å². The molecule has 0 bridgehead atoms. The van der Waals surface area contributed by atoms with Crippen LogP contribution in [0.3, 0.4) is 0 Å². The molecule has 0 amide bonds. The largest absolute Gasteiger partial charge is 0.508 e. The summed E-state index contributed by atoms with van der Waals surface area (Å²) in [6.07, 6.45) is -13.2. The zero-order chi connectivity index (χ0) is 30.5. The second-order valence-electron chi connectivity index (χ2n) is 10.6. The van der Waals surface area contributed by atoms with E-state index in [4.69, 9.17) is 18.6 Å². The summed E-state index contributed by atoms with van der Waals surface area (Å²) in [4.78, 5) is 13.0. The monoisotopic (exact) mass is 592 g/mol. The molecule has 2 aromatic carbocycles. The number of hydrogen-bond acceptors (Lipinski definition) is 14. The zero-order valence-electron chi connectivity index (χ0n) is 22.2. The van der Waals surface area contributed by atoms with Gasteiger partial charge in [0.05, 0.1) is 31.0 Å². The van der Waals surface area contributed by atoms with Gasteiger partial charge in [-0.2, -0.15) is 0 Å². The molecular formula is C28H32O14. The molecule has 0 spiro atoms. The first-order chi connectivity index (χ1) is 19.9. The highest BCUT2D eigenvalue weighted by Gasteiger charge is 2.50. The van der Waals surface area contributed by atoms with Gasteiger partial charge in [-0.05, 0) is 24.3 Å². The van der Waals surface area contributed by atoms with Crippen molar-refractivity contribution in [1.82, 2.24) is 0 Å². The van der Waals surface area contributed by atoms with E-state index in [0.29, 0.717) is 5.56 Å². The van der Waals surface area contributed by atoms with Crippen LogP contribution in [0.15, 0.2) is 45.6 Å². The van der Waals surface area contributed by atoms with Gasteiger partial charge in [0.2, 0.25) is 5.75 Å². The van der Waals surface area contributed by atoms with Crippen molar-refractivity contribution in [3.63, 3.8) is 0 Å². The number of ether oxygens (including phenoxy) is 3. The third-order valence-electron chi connectivity index (χ3n) is 7.75. The number of phenols is 3. The number of fused-ring (bicyclic) bond motifs is 1. The first-order valence-corrected chi connectivity index (χ1v) is 13.2. The molecule has 228 valence electrons. The second kappa shape index (κ2) is 11.7. The molecule has 1 saturated heterocycles. The summed E-state index contributed by atoms with van der Waals surface area (Å²) in [6, 6.07) is 7.55. The topological polar surface area (TPSA) is 240 Å². The fraction of sp³-hybridized carbons (Fsp3) is 0.464. The van der Waals surface area contributed by atoms with Crippen LogP contribution >= 0.6 is 0 Å². The number of aromatic hydroxyl groups is 3. The molecule has 14 heteroatoms. The lowest BCUT2D eigenvalue weighted by molar-refractivity contribution is -0.325. The Bertz CT molecular complexity index is 1470. The van der Waals surface area contributed by atoms with Gasteiger partial charge in [0.1, 0.15) is 41.0 Å². The van der Waals surface area contributed by atoms with Gasteiger partial charge in [-0.3, -0.25) is 4.79 Å². The van der Waals surface area contributed by atoms with Crippen molar-refractivity contribution in [3.8, 4) is 34.3 Å². The van der Waals surface area contributed by atoms with Crippen LogP contribution in [0.5, 0.6) is 23.0 Å². The smallest absolute Gasteiger partial charge is 0.205 e. The molecule has 3 aromatic rings. The minimum Gasteiger partial charge on any atom is -0.508 e. The van der Waals surface area contributed by atoms with E-state index in [9.17, 15) is 50.8 Å². The minimum atomic E-state index is -1.83. The first kappa shape index (κ1) is 30.0. The van der Waals surface area contributed by atoms with Gasteiger partial charge in [0.15, 0.2) is 29.2 Å². The summed E-state index contributed by atoms with van der Waals surface area (Å²) in [6.45, 7) is 0.735. The Morgan fingerprint density at radius 3 is 2.24 bits per heavy atom. The average molecular weight is 593 g/mol. The van der Waals surface area contributed by atoms with Crippen LogP contribution in [-0.2, 0) is 9.47 Å². The zero-order valence-corrected chi connectivity index (χ0v) is 22.2. The summed E-state index contributed by atoms with van der Waals surface area (Å²) < 4.78 is 23.0. The molecule has 0 unspecified atom stereocenters. The highest BCUT2D eigenvalue weighted by Crippen LogP contribution is 2.42. The number of hydrogen-bond donors (Lipinski definition) is 9. The molecule has 5 rings (SSSR count). The number of aliphatic hydroxyl groups is 6. The van der Waals surface area contributed by atoms with Crippen molar-refractivity contribution in [1.29, 1.82) is 0 Å². The van der Waals surface area contributed by atoms with Gasteiger partial charge in [-0.1, -0.05) is 6.92 Å². The van der Waals surface area contributed by atoms with E-state index >= 15 is 0 Å². The molecule has 9 N–H and O–H groups in total. The van der Waals surface area contributed by atoms with Crippen molar-refractivity contribution >= 4 is 11.0 Å². The summed E-state index contributed by atoms with van der Waals surface area (Å²) in [5, 5.41) is 92.7. The van der Waals surface area contributed by atoms with Crippen molar-refractivity contribution < 1.29 is 64.6 Å². The number of benzene rings is 2. The maximum absolute atomic E-state index is 13.0. The number of phenolic OH excluding ortho intramolecular Hbond substituents is 3. The molecule has 0 radical (unpaired) electrons. The summed E-state index contributed by atoms with van der Waals surface area (Å²) >= 11 is 0. The molecule has 1 aliphatic heterocycles. The van der Waals surface area contributed by atoms with Crippen molar-refractivity contribution in [2.45, 2.75) is 68.5 Å². The van der Waals surface area contributed by atoms with Gasteiger partial charge >= 0.3 is 0 Å². The molecule has 10 atom stereocenters. The lowest BCUT2D eigenvalue weighted by Gasteiger charge is -2.46. The SMILES string of the molecule is C[C@@H]1[C@@H](O)[C@H](O)C[C@H](O)[C@H]1O[C@@H]1O[C@H](CO)[C@@H](Oc2c(O)cc(O)c3c(=O)cc(-c4ccc(O)cc4)oc23)[C@H](O)[C@H]1O. The Labute approximate surface area is 237 Å². The normalized spacial score (nSPS) is 33.5. The van der Waals surface area contributed by atoms with E-state index in [1.165, 1.54) is 31.2 Å². The number of rotatable bonds is 6. The van der Waals surface area contributed by atoms with Crippen LogP contribution in [0.2, 0.25) is 0 Å². The van der Waals surface area contributed by atoms with Crippen LogP contribution in [0, 0.1) is 5.92 Å². The quantitative estimate of drug-likeness (QED) is 0.172. The highest BCUT2D eigenvalue weighted by atomic mass is 16.7. The Balaban J connectivity index is 1.47. The van der Waals surface area contributed by atoms with Gasteiger partial charge in [0, 0.05) is 30.0 Å². The maximum atomic E-state index is 13.0. The molecule has 2 heterocycles. The van der Waals surface area contributed by atoms with Crippen LogP contribution < -0.4 is 10.2 Å². The van der Waals surface area contributed by atoms with E-state index in [-0.39, 0.29) is 23.3 Å². The highest BCUT2D eigenvalue weighted by molar-refractivity contribution is 5.91. The van der Waals surface area contributed by atoms with E-state index in [0.717, 1.165) is 12.1 Å². The first-order valence-electron chi connectivity index (χ1n) is 13.2. The third-order valence-corrected chi connectivity index (χ3v) is 7.75. The standard InChI is InChI=1S/C28H32O14/c1-10-21(36)15(33)7-16(34)24(10)42-28-23(38)22(37)26(19(9-29)40-28)41-25-17(35)6-13(31)20-14(32)8-18(39-27(20)25)11-2-4-12(30)5-3-11/h2-6,8,10,15-16,19,21-24,26,28-31,33-38H,7,9H2,1H3/t10-,15-,16+,19-,21-,22-,23-,24+,26-,28+/m1/s1. The predicted octanol–water partition coefficient (Wildman–Crippen LogP) is -0.729. The third kappa shape index (κ3) is 5.39. The van der Waals surface area contributed by atoms with E-state index in [1.54, 1.807) is 0 Å². The maximum Gasteiger partial charge on any atom is 0.205 e. The van der Waals surface area contributed by atoms with Gasteiger partial charge < -0.3 is 64.6 Å². The van der Waals surface area contributed by atoms with Crippen molar-refractivity contribution in [2.75, 3.05) is 6.61 Å². The molecule has 1 saturated carbocycles. The van der Waals surface area contributed by atoms with Crippen LogP contribution in [0.25, 0.3) is 22.3 Å². The van der Waals surface area contributed by atoms with E-state index in [1.807, 2.05) is 0 Å². The lowest BCUT2D eigenvalue weighted by atomic mass is 9.81. The predicted molar refractivity (Wildman–Crippen MR) is 142 cm³/mol. The molecule has 42 heavy (non-hydrogen) atoms. The molecule has 1 aromatic heterocycles. The molecular weight excluding hydrogens is 560 g/mol. The molecule has 2 aliphatic rings. The van der Waals surface area contributed by atoms with E-state index < -0.39 is 95.9 Å². The summed E-state index contributed by atoms with van der Waals surface area (Å²) in [7, 11) is 0. The number of aliphatic hydroxyl groups excluding tert-OH is 6. The Kier molecular flexibility index (Phi) is 8.33. The van der Waals surface area contributed by atoms with Crippen molar-refractivity contribution in [2.24, 2.45) is 5.92 Å². The molecule has 2 fully saturated rings. The Morgan fingerprint density at radius 2 is 1.57 bits per heavy atom. The fourth-order valence-corrected chi connectivity index (χ4v) is 5.39. The second-order valence-corrected chi connectivity index (χ2v) is 10.6. The van der Waals surface area contributed by atoms with Crippen molar-refractivity contribution in [3.05, 3.63) is 46.6 Å². The van der Waals surface area contributed by atoms with Gasteiger partial charge in [0.25, 0.3) is 0 Å². The van der Waals surface area contributed by atoms with Crippen LogP contribution in [-0.4, -0.2) is 108 Å². The Hall–Kier alpha value is -3.47. The lowest BCUT2D eigenvalue weighted by Crippen LogP contribution is -2.63. The minimum absolute atomic E-state index is 0.0116. The van der Waals surface area contributed by atoms with Gasteiger partial charge in [-0.15, -0.1) is 0 Å². The average Bonchev–Trinajstić information content (AvgIpc) is 2.95. The fourth-order valence-electron chi connectivity index (χ4n) is 5.39. The summed E-state index contributed by atoms with van der Waals surface area (Å²) in [5.41, 5.74) is -0.754. The Morgan fingerprint density at radius 1 is 0.881 bits per heavy atom. The van der Waals surface area contributed by atoms with Gasteiger partial charge in [-0.25, -0.2) is 0 Å². The summed E-state index contributed by atoms with van der Waals surface area (Å²) in [5.74, 6) is -2.67. The van der Waals surface area contributed by atoms with E-state index in [2.05, 4.69) is 0 Å². The van der Waals surface area contributed by atoms with Crippen LogP contribution in [0.1, 0.15) is 13.3 Å². The molecule has 14 nitrogen and oxygen atoms in total. The molecule has 1 aliphatic carbocycles.